The molecule has 0 amide bonds. The Morgan fingerprint density at radius 2 is 1.66 bits per heavy atom. The van der Waals surface area contributed by atoms with Gasteiger partial charge in [-0.25, -0.2) is 0 Å². The van der Waals surface area contributed by atoms with Crippen molar-refractivity contribution in [2.75, 3.05) is 0 Å². The molecule has 0 aliphatic heterocycles. The van der Waals surface area contributed by atoms with Crippen LogP contribution in [-0.2, 0) is 0 Å². The van der Waals surface area contributed by atoms with Crippen molar-refractivity contribution in [3.63, 3.8) is 0 Å². The largest absolute Gasteiger partial charge is 0.414 e. The van der Waals surface area contributed by atoms with Gasteiger partial charge in [0.25, 0.3) is 0 Å². The smallest absolute Gasteiger partial charge is 0.393 e. The Morgan fingerprint density at radius 1 is 0.969 bits per heavy atom. The number of rotatable bonds is 8. The van der Waals surface area contributed by atoms with Gasteiger partial charge in [0, 0.05) is 0 Å². The molecule has 2 fully saturated rings. The van der Waals surface area contributed by atoms with Gasteiger partial charge in [0.05, 0.1) is 6.10 Å². The van der Waals surface area contributed by atoms with Gasteiger partial charge >= 0.3 is 6.18 Å². The fraction of sp³-hybridized carbons (Fsp3) is 1.00. The van der Waals surface area contributed by atoms with Gasteiger partial charge in [-0.05, 0) is 92.3 Å². The summed E-state index contributed by atoms with van der Waals surface area (Å²) in [6, 6.07) is 0. The van der Waals surface area contributed by atoms with E-state index in [2.05, 4.69) is 34.6 Å². The lowest BCUT2D eigenvalue weighted by molar-refractivity contribution is -0.206. The molecule has 0 bridgehead atoms. The molecule has 0 spiro atoms. The Morgan fingerprint density at radius 3 is 2.25 bits per heavy atom. The second kappa shape index (κ2) is 11.9. The summed E-state index contributed by atoms with van der Waals surface area (Å²) in [5.41, 5.74) is 0.265. The number of alkyl halides is 3. The van der Waals surface area contributed by atoms with E-state index in [1.165, 1.54) is 25.7 Å². The highest BCUT2D eigenvalue weighted by Crippen LogP contribution is 2.56. The van der Waals surface area contributed by atoms with Crippen molar-refractivity contribution in [3.05, 3.63) is 0 Å². The van der Waals surface area contributed by atoms with Crippen molar-refractivity contribution in [1.82, 2.24) is 0 Å². The summed E-state index contributed by atoms with van der Waals surface area (Å²) in [7, 11) is 0. The molecule has 2 nitrogen and oxygen atoms in total. The molecular weight excluding hydrogens is 413 g/mol. The molecule has 0 heterocycles. The first-order valence-electron chi connectivity index (χ1n) is 13.4. The predicted molar refractivity (Wildman–Crippen MR) is 125 cm³/mol. The molecule has 9 atom stereocenters. The molecule has 0 aromatic carbocycles. The van der Waals surface area contributed by atoms with E-state index in [1.807, 2.05) is 0 Å². The average Bonchev–Trinajstić information content (AvgIpc) is 2.82. The third-order valence-corrected chi connectivity index (χ3v) is 9.80. The van der Waals surface area contributed by atoms with Crippen molar-refractivity contribution in [1.29, 1.82) is 0 Å². The minimum atomic E-state index is -4.51. The highest BCUT2D eigenvalue weighted by molar-refractivity contribution is 4.97. The summed E-state index contributed by atoms with van der Waals surface area (Å²) in [5.74, 6) is 3.13. The molecule has 0 radical (unpaired) electrons. The normalized spacial score (nSPS) is 37.5. The summed E-state index contributed by atoms with van der Waals surface area (Å²) in [6.07, 6.45) is 4.52. The van der Waals surface area contributed by atoms with Crippen LogP contribution in [0, 0.1) is 40.9 Å². The summed E-state index contributed by atoms with van der Waals surface area (Å²) >= 11 is 0. The fourth-order valence-electron chi connectivity index (χ4n) is 7.33. The van der Waals surface area contributed by atoms with Crippen LogP contribution in [0.15, 0.2) is 0 Å². The summed E-state index contributed by atoms with van der Waals surface area (Å²) in [4.78, 5) is 0. The highest BCUT2D eigenvalue weighted by Gasteiger charge is 2.47. The van der Waals surface area contributed by atoms with Crippen LogP contribution >= 0.6 is 0 Å². The number of hydrogen-bond donors (Lipinski definition) is 2. The zero-order chi connectivity index (χ0) is 24.1. The van der Waals surface area contributed by atoms with E-state index in [4.69, 9.17) is 0 Å². The first-order chi connectivity index (χ1) is 14.9. The van der Waals surface area contributed by atoms with Gasteiger partial charge < -0.3 is 10.2 Å². The molecule has 2 saturated carbocycles. The number of fused-ring (bicyclic) bond motifs is 1. The minimum Gasteiger partial charge on any atom is -0.393 e. The van der Waals surface area contributed by atoms with Crippen molar-refractivity contribution in [2.45, 2.75) is 130 Å². The van der Waals surface area contributed by atoms with E-state index in [9.17, 15) is 23.4 Å². The minimum absolute atomic E-state index is 0.186. The van der Waals surface area contributed by atoms with Crippen LogP contribution in [0.1, 0.15) is 112 Å². The van der Waals surface area contributed by atoms with Gasteiger partial charge in [0.2, 0.25) is 0 Å². The molecule has 32 heavy (non-hydrogen) atoms. The standard InChI is InChI=1S/C27H49F3O2/c1-6-22(31)17-21-14-13-20-9-8-10-23(19(4)12-16-25(32)27(28,29)30)18(3)11-15-24(20)26(21,5)7-2/h18-25,31-32H,6-17H2,1-5H3/t18?,19-,20-,21-,22?,23+,24+,25+,26+/m1/s1. The van der Waals surface area contributed by atoms with Gasteiger partial charge in [-0.1, -0.05) is 60.3 Å². The van der Waals surface area contributed by atoms with Crippen LogP contribution in [0.25, 0.3) is 0 Å². The SMILES string of the molecule is CCC(O)C[C@H]1CC[C@H]2CCC[C@H]([C@H](C)CC[C@H](O)C(F)(F)F)C(C)CC[C@@H]2[C@@]1(C)CC. The van der Waals surface area contributed by atoms with Crippen LogP contribution in [0.3, 0.4) is 0 Å². The van der Waals surface area contributed by atoms with Gasteiger partial charge in [-0.3, -0.25) is 0 Å². The molecule has 2 unspecified atom stereocenters. The number of hydrogen-bond acceptors (Lipinski definition) is 2. The van der Waals surface area contributed by atoms with Crippen LogP contribution in [-0.4, -0.2) is 28.6 Å². The Labute approximate surface area is 194 Å². The molecule has 2 aliphatic carbocycles. The molecule has 0 aromatic heterocycles. The molecular formula is C27H49F3O2. The maximum Gasteiger partial charge on any atom is 0.414 e. The summed E-state index contributed by atoms with van der Waals surface area (Å²) in [5, 5.41) is 19.8. The highest BCUT2D eigenvalue weighted by atomic mass is 19.4. The number of aliphatic hydroxyl groups is 2. The van der Waals surface area contributed by atoms with Crippen molar-refractivity contribution in [3.8, 4) is 0 Å². The van der Waals surface area contributed by atoms with Crippen LogP contribution in [0.2, 0.25) is 0 Å². The van der Waals surface area contributed by atoms with Gasteiger partial charge in [-0.15, -0.1) is 0 Å². The predicted octanol–water partition coefficient (Wildman–Crippen LogP) is 7.76. The second-order valence-corrected chi connectivity index (χ2v) is 11.6. The molecule has 0 saturated heterocycles. The van der Waals surface area contributed by atoms with E-state index in [1.54, 1.807) is 0 Å². The Hall–Kier alpha value is -0.290. The number of aliphatic hydroxyl groups excluding tert-OH is 2. The topological polar surface area (TPSA) is 40.5 Å². The molecule has 0 aromatic rings. The van der Waals surface area contributed by atoms with E-state index in [-0.39, 0.29) is 23.9 Å². The van der Waals surface area contributed by atoms with Crippen LogP contribution < -0.4 is 0 Å². The van der Waals surface area contributed by atoms with Crippen LogP contribution in [0.4, 0.5) is 13.2 Å². The maximum atomic E-state index is 12.7. The molecule has 5 heteroatoms. The van der Waals surface area contributed by atoms with Gasteiger partial charge in [-0.2, -0.15) is 13.2 Å². The zero-order valence-electron chi connectivity index (χ0n) is 21.1. The lowest BCUT2D eigenvalue weighted by atomic mass is 9.53. The Kier molecular flexibility index (Phi) is 10.4. The molecule has 190 valence electrons. The van der Waals surface area contributed by atoms with E-state index in [0.29, 0.717) is 30.1 Å². The molecule has 2 rings (SSSR count). The fourth-order valence-corrected chi connectivity index (χ4v) is 7.33. The van der Waals surface area contributed by atoms with Crippen molar-refractivity contribution in [2.24, 2.45) is 40.9 Å². The third-order valence-electron chi connectivity index (χ3n) is 9.80. The monoisotopic (exact) mass is 462 g/mol. The lowest BCUT2D eigenvalue weighted by Gasteiger charge is -2.52. The molecule has 2 aliphatic rings. The Bertz CT molecular complexity index is 552. The summed E-state index contributed by atoms with van der Waals surface area (Å²) in [6.45, 7) is 11.2. The average molecular weight is 463 g/mol. The van der Waals surface area contributed by atoms with E-state index < -0.39 is 12.3 Å². The second-order valence-electron chi connectivity index (χ2n) is 11.6. The van der Waals surface area contributed by atoms with Crippen molar-refractivity contribution < 1.29 is 23.4 Å². The maximum absolute atomic E-state index is 12.7. The lowest BCUT2D eigenvalue weighted by Crippen LogP contribution is -2.44. The van der Waals surface area contributed by atoms with E-state index in [0.717, 1.165) is 44.4 Å². The Balaban J connectivity index is 2.07. The quantitative estimate of drug-likeness (QED) is 0.387. The van der Waals surface area contributed by atoms with Gasteiger partial charge in [0.15, 0.2) is 0 Å². The van der Waals surface area contributed by atoms with Gasteiger partial charge in [0.1, 0.15) is 6.10 Å². The van der Waals surface area contributed by atoms with E-state index >= 15 is 0 Å². The molecule has 2 N–H and O–H groups in total. The zero-order valence-corrected chi connectivity index (χ0v) is 21.1. The number of halogens is 3. The first-order valence-corrected chi connectivity index (χ1v) is 13.4. The summed E-state index contributed by atoms with van der Waals surface area (Å²) < 4.78 is 38.2. The van der Waals surface area contributed by atoms with Crippen molar-refractivity contribution >= 4 is 0 Å². The van der Waals surface area contributed by atoms with Crippen LogP contribution in [0.5, 0.6) is 0 Å². The third kappa shape index (κ3) is 6.87. The first kappa shape index (κ1) is 28.0.